The lowest BCUT2D eigenvalue weighted by Gasteiger charge is -2.31. The van der Waals surface area contributed by atoms with Crippen LogP contribution in [0.3, 0.4) is 0 Å². The minimum absolute atomic E-state index is 0.506. The average molecular weight is 266 g/mol. The number of rotatable bonds is 3. The fourth-order valence-electron chi connectivity index (χ4n) is 2.48. The van der Waals surface area contributed by atoms with Crippen LogP contribution in [0.5, 0.6) is 0 Å². The van der Waals surface area contributed by atoms with E-state index in [9.17, 15) is 0 Å². The molecule has 0 N–H and O–H groups in total. The van der Waals surface area contributed by atoms with Crippen LogP contribution in [0.2, 0.25) is 5.15 Å². The molecule has 18 heavy (non-hydrogen) atoms. The Hall–Kier alpha value is -1.36. The molecule has 0 radical (unpaired) electrons. The Labute approximate surface area is 111 Å². The van der Waals surface area contributed by atoms with E-state index in [1.54, 1.807) is 4.52 Å². The summed E-state index contributed by atoms with van der Waals surface area (Å²) < 4.78 is 1.76. The Morgan fingerprint density at radius 1 is 1.50 bits per heavy atom. The molecule has 1 aliphatic rings. The van der Waals surface area contributed by atoms with Crippen molar-refractivity contribution in [2.45, 2.75) is 26.2 Å². The van der Waals surface area contributed by atoms with E-state index in [0.29, 0.717) is 10.9 Å². The van der Waals surface area contributed by atoms with Crippen molar-refractivity contribution in [3.05, 3.63) is 17.0 Å². The highest BCUT2D eigenvalue weighted by molar-refractivity contribution is 6.30. The van der Waals surface area contributed by atoms with Gasteiger partial charge in [0.1, 0.15) is 17.3 Å². The molecule has 96 valence electrons. The zero-order chi connectivity index (χ0) is 12.7. The number of aromatic nitrogens is 4. The third kappa shape index (κ3) is 1.82. The first-order chi connectivity index (χ1) is 8.66. The number of nitrogens with zero attached hydrogens (tertiary/aromatic N) is 5. The molecule has 5 nitrogen and oxygen atoms in total. The minimum atomic E-state index is 0.506. The maximum atomic E-state index is 6.16. The first-order valence-electron chi connectivity index (χ1n) is 6.24. The van der Waals surface area contributed by atoms with Crippen molar-refractivity contribution in [1.82, 2.24) is 19.6 Å². The van der Waals surface area contributed by atoms with Gasteiger partial charge >= 0.3 is 0 Å². The smallest absolute Gasteiger partial charge is 0.255 e. The molecule has 2 aromatic rings. The van der Waals surface area contributed by atoms with Gasteiger partial charge in [0, 0.05) is 19.2 Å². The Balaban J connectivity index is 2.02. The summed E-state index contributed by atoms with van der Waals surface area (Å²) in [4.78, 5) is 10.5. The molecule has 3 rings (SSSR count). The van der Waals surface area contributed by atoms with Gasteiger partial charge in [0.15, 0.2) is 0 Å². The summed E-state index contributed by atoms with van der Waals surface area (Å²) in [7, 11) is 2.08. The van der Waals surface area contributed by atoms with Gasteiger partial charge < -0.3 is 4.90 Å². The van der Waals surface area contributed by atoms with Gasteiger partial charge in [0.05, 0.1) is 0 Å². The summed E-state index contributed by atoms with van der Waals surface area (Å²) in [6.45, 7) is 3.01. The summed E-state index contributed by atoms with van der Waals surface area (Å²) in [5.41, 5.74) is 0.955. The predicted molar refractivity (Wildman–Crippen MR) is 71.1 cm³/mol. The Bertz CT molecular complexity index is 575. The van der Waals surface area contributed by atoms with Crippen molar-refractivity contribution in [3.63, 3.8) is 0 Å². The second kappa shape index (κ2) is 4.39. The molecule has 0 bridgehead atoms. The Kier molecular flexibility index (Phi) is 2.86. The fourth-order valence-corrected chi connectivity index (χ4v) is 2.64. The summed E-state index contributed by atoms with van der Waals surface area (Å²) in [5.74, 6) is 2.34. The largest absolute Gasteiger partial charge is 0.359 e. The van der Waals surface area contributed by atoms with Crippen LogP contribution in [0.1, 0.15) is 24.8 Å². The normalized spacial score (nSPS) is 15.9. The quantitative estimate of drug-likeness (QED) is 0.799. The molecule has 0 unspecified atom stereocenters. The summed E-state index contributed by atoms with van der Waals surface area (Å²) in [6, 6.07) is 0. The third-order valence-corrected chi connectivity index (χ3v) is 4.06. The predicted octanol–water partition coefficient (Wildman–Crippen LogP) is 2.32. The van der Waals surface area contributed by atoms with Gasteiger partial charge in [-0.3, -0.25) is 0 Å². The topological polar surface area (TPSA) is 46.3 Å². The van der Waals surface area contributed by atoms with Crippen molar-refractivity contribution in [3.8, 4) is 0 Å². The summed E-state index contributed by atoms with van der Waals surface area (Å²) in [5, 5.41) is 4.74. The average Bonchev–Trinajstić information content (AvgIpc) is 2.72. The van der Waals surface area contributed by atoms with E-state index in [2.05, 4.69) is 27.0 Å². The number of hydrogen-bond acceptors (Lipinski definition) is 4. The molecule has 0 amide bonds. The van der Waals surface area contributed by atoms with Crippen LogP contribution in [0.15, 0.2) is 6.33 Å². The molecule has 1 saturated carbocycles. The van der Waals surface area contributed by atoms with E-state index >= 15 is 0 Å². The lowest BCUT2D eigenvalue weighted by molar-refractivity contribution is 0.320. The number of anilines is 1. The van der Waals surface area contributed by atoms with Gasteiger partial charge in [-0.25, -0.2) is 0 Å². The van der Waals surface area contributed by atoms with Crippen LogP contribution in [0.25, 0.3) is 5.78 Å². The van der Waals surface area contributed by atoms with E-state index < -0.39 is 0 Å². The number of halogens is 1. The number of fused-ring (bicyclic) bond motifs is 1. The third-order valence-electron chi connectivity index (χ3n) is 3.69. The van der Waals surface area contributed by atoms with Gasteiger partial charge in [-0.05, 0) is 25.7 Å². The highest BCUT2D eigenvalue weighted by atomic mass is 35.5. The van der Waals surface area contributed by atoms with E-state index in [4.69, 9.17) is 11.6 Å². The van der Waals surface area contributed by atoms with Crippen LogP contribution in [0, 0.1) is 12.8 Å². The molecule has 0 aliphatic heterocycles. The zero-order valence-corrected chi connectivity index (χ0v) is 11.4. The van der Waals surface area contributed by atoms with Gasteiger partial charge in [0.25, 0.3) is 5.78 Å². The molecule has 0 atom stereocenters. The highest BCUT2D eigenvalue weighted by Crippen LogP contribution is 2.30. The van der Waals surface area contributed by atoms with E-state index in [1.807, 2.05) is 6.92 Å². The van der Waals surface area contributed by atoms with Crippen LogP contribution >= 0.6 is 11.6 Å². The summed E-state index contributed by atoms with van der Waals surface area (Å²) in [6.07, 6.45) is 5.51. The van der Waals surface area contributed by atoms with Crippen molar-refractivity contribution in [1.29, 1.82) is 0 Å². The minimum Gasteiger partial charge on any atom is -0.359 e. The zero-order valence-electron chi connectivity index (χ0n) is 10.6. The molecule has 6 heteroatoms. The second-order valence-electron chi connectivity index (χ2n) is 5.00. The Morgan fingerprint density at radius 3 is 2.94 bits per heavy atom. The van der Waals surface area contributed by atoms with E-state index in [1.165, 1.54) is 25.6 Å². The monoisotopic (exact) mass is 265 g/mol. The highest BCUT2D eigenvalue weighted by Gasteiger charge is 2.22. The second-order valence-corrected chi connectivity index (χ2v) is 5.36. The van der Waals surface area contributed by atoms with Gasteiger partial charge in [-0.15, -0.1) is 0 Å². The standard InChI is InChI=1S/C12H16ClN5/c1-8-10(13)16-12-14-7-15-18(12)11(8)17(2)6-9-4-3-5-9/h7,9H,3-6H2,1-2H3. The van der Waals surface area contributed by atoms with E-state index in [0.717, 1.165) is 23.8 Å². The fraction of sp³-hybridized carbons (Fsp3) is 0.583. The molecule has 2 heterocycles. The molecule has 0 spiro atoms. The molecular formula is C12H16ClN5. The van der Waals surface area contributed by atoms with Crippen molar-refractivity contribution >= 4 is 23.2 Å². The van der Waals surface area contributed by atoms with Crippen LogP contribution in [-0.4, -0.2) is 33.2 Å². The maximum absolute atomic E-state index is 6.16. The maximum Gasteiger partial charge on any atom is 0.255 e. The first kappa shape index (κ1) is 11.7. The lowest BCUT2D eigenvalue weighted by atomic mass is 9.85. The molecule has 2 aromatic heterocycles. The van der Waals surface area contributed by atoms with Crippen LogP contribution in [0.4, 0.5) is 5.82 Å². The Morgan fingerprint density at radius 2 is 2.28 bits per heavy atom. The van der Waals surface area contributed by atoms with Crippen LogP contribution < -0.4 is 4.90 Å². The van der Waals surface area contributed by atoms with Crippen molar-refractivity contribution in [2.24, 2.45) is 5.92 Å². The molecular weight excluding hydrogens is 250 g/mol. The molecule has 0 aromatic carbocycles. The molecule has 1 aliphatic carbocycles. The van der Waals surface area contributed by atoms with Gasteiger partial charge in [-0.1, -0.05) is 18.0 Å². The van der Waals surface area contributed by atoms with Gasteiger partial charge in [-0.2, -0.15) is 19.6 Å². The lowest BCUT2D eigenvalue weighted by Crippen LogP contribution is -2.31. The molecule has 1 fully saturated rings. The number of hydrogen-bond donors (Lipinski definition) is 0. The van der Waals surface area contributed by atoms with Gasteiger partial charge in [0.2, 0.25) is 0 Å². The van der Waals surface area contributed by atoms with Crippen molar-refractivity contribution < 1.29 is 0 Å². The molecule has 0 saturated heterocycles. The SMILES string of the molecule is Cc1c(Cl)nc2ncnn2c1N(C)CC1CCC1. The summed E-state index contributed by atoms with van der Waals surface area (Å²) >= 11 is 6.16. The van der Waals surface area contributed by atoms with Crippen molar-refractivity contribution in [2.75, 3.05) is 18.5 Å². The first-order valence-corrected chi connectivity index (χ1v) is 6.61. The van der Waals surface area contributed by atoms with Crippen LogP contribution in [-0.2, 0) is 0 Å². The van der Waals surface area contributed by atoms with E-state index in [-0.39, 0.29) is 0 Å².